The molecule has 0 amide bonds. The van der Waals surface area contributed by atoms with E-state index in [1.807, 2.05) is 0 Å². The molecule has 24 heavy (non-hydrogen) atoms. The third kappa shape index (κ3) is 4.49. The maximum absolute atomic E-state index is 12.7. The van der Waals surface area contributed by atoms with Gasteiger partial charge < -0.3 is 14.6 Å². The minimum Gasteiger partial charge on any atom is -0.376 e. The number of nitrogens with zero attached hydrogens (tertiary/aromatic N) is 3. The first-order valence-corrected chi connectivity index (χ1v) is 8.60. The lowest BCUT2D eigenvalue weighted by Crippen LogP contribution is -2.46. The molecule has 5 nitrogen and oxygen atoms in total. The number of likely N-dealkylation sites (tertiary alicyclic amines) is 1. The largest absolute Gasteiger partial charge is 0.432 e. The summed E-state index contributed by atoms with van der Waals surface area (Å²) < 4.78 is 43.7. The van der Waals surface area contributed by atoms with Crippen LogP contribution in [-0.4, -0.2) is 71.7 Å². The minimum atomic E-state index is -4.35. The lowest BCUT2D eigenvalue weighted by atomic mass is 9.97. The fraction of sp³-hybridized carbons (Fsp3) is 0.812. The number of H-pyrrole nitrogens is 1. The second-order valence-corrected chi connectivity index (χ2v) is 6.80. The highest BCUT2D eigenvalue weighted by Gasteiger charge is 2.34. The number of alkyl halides is 3. The Bertz CT molecular complexity index is 534. The molecule has 2 aliphatic heterocycles. The van der Waals surface area contributed by atoms with E-state index in [4.69, 9.17) is 4.74 Å². The van der Waals surface area contributed by atoms with E-state index < -0.39 is 11.9 Å². The summed E-state index contributed by atoms with van der Waals surface area (Å²) in [7, 11) is 0. The van der Waals surface area contributed by atoms with Crippen LogP contribution in [0.4, 0.5) is 13.2 Å². The highest BCUT2D eigenvalue weighted by Crippen LogP contribution is 2.30. The lowest BCUT2D eigenvalue weighted by molar-refractivity contribution is -0.141. The Morgan fingerprint density at radius 2 is 2.00 bits per heavy atom. The van der Waals surface area contributed by atoms with Crippen molar-refractivity contribution < 1.29 is 17.9 Å². The van der Waals surface area contributed by atoms with Gasteiger partial charge in [0.25, 0.3) is 0 Å². The van der Waals surface area contributed by atoms with Crippen molar-refractivity contribution >= 4 is 0 Å². The lowest BCUT2D eigenvalue weighted by Gasteiger charge is -2.35. The van der Waals surface area contributed by atoms with Crippen LogP contribution in [0.25, 0.3) is 0 Å². The van der Waals surface area contributed by atoms with E-state index in [-0.39, 0.29) is 12.0 Å². The predicted octanol–water partition coefficient (Wildman–Crippen LogP) is 2.33. The summed E-state index contributed by atoms with van der Waals surface area (Å²) in [6, 6.07) is 0. The van der Waals surface area contributed by atoms with Crippen LogP contribution >= 0.6 is 0 Å². The standard InChI is InChI=1S/C16H25F3N4O/c1-12-10-23(7-8-24-12)6-5-22-4-2-3-13(11-22)15-20-9-14(21-15)16(17,18)19/h9,12-13H,2-8,10-11H2,1H3,(H,20,21)/t12-,13-/m0/s1. The summed E-state index contributed by atoms with van der Waals surface area (Å²) in [5.41, 5.74) is -0.753. The summed E-state index contributed by atoms with van der Waals surface area (Å²) in [6.07, 6.45) is -1.30. The zero-order valence-electron chi connectivity index (χ0n) is 14.0. The first-order valence-electron chi connectivity index (χ1n) is 8.60. The quantitative estimate of drug-likeness (QED) is 0.909. The average molecular weight is 346 g/mol. The van der Waals surface area contributed by atoms with Gasteiger partial charge in [-0.15, -0.1) is 0 Å². The molecule has 136 valence electrons. The van der Waals surface area contributed by atoms with Gasteiger partial charge in [-0.2, -0.15) is 13.2 Å². The fourth-order valence-electron chi connectivity index (χ4n) is 3.55. The second kappa shape index (κ2) is 7.41. The topological polar surface area (TPSA) is 44.4 Å². The van der Waals surface area contributed by atoms with Crippen molar-refractivity contribution in [1.29, 1.82) is 0 Å². The van der Waals surface area contributed by atoms with Gasteiger partial charge in [-0.25, -0.2) is 4.98 Å². The molecular formula is C16H25F3N4O. The van der Waals surface area contributed by atoms with E-state index in [0.717, 1.165) is 64.9 Å². The first-order chi connectivity index (χ1) is 11.4. The monoisotopic (exact) mass is 346 g/mol. The molecule has 1 aromatic heterocycles. The molecular weight excluding hydrogens is 321 g/mol. The highest BCUT2D eigenvalue weighted by atomic mass is 19.4. The fourth-order valence-corrected chi connectivity index (χ4v) is 3.55. The van der Waals surface area contributed by atoms with Gasteiger partial charge in [-0.3, -0.25) is 4.90 Å². The van der Waals surface area contributed by atoms with E-state index in [0.29, 0.717) is 5.82 Å². The molecule has 1 aromatic rings. The third-order valence-corrected chi connectivity index (χ3v) is 4.85. The molecule has 0 saturated carbocycles. The van der Waals surface area contributed by atoms with Gasteiger partial charge in [0, 0.05) is 38.6 Å². The van der Waals surface area contributed by atoms with Crippen molar-refractivity contribution in [2.24, 2.45) is 0 Å². The maximum Gasteiger partial charge on any atom is 0.432 e. The molecule has 0 radical (unpaired) electrons. The van der Waals surface area contributed by atoms with E-state index >= 15 is 0 Å². The van der Waals surface area contributed by atoms with Gasteiger partial charge in [0.2, 0.25) is 0 Å². The summed E-state index contributed by atoms with van der Waals surface area (Å²) in [6.45, 7) is 8.45. The zero-order valence-corrected chi connectivity index (χ0v) is 14.0. The number of hydrogen-bond acceptors (Lipinski definition) is 4. The average Bonchev–Trinajstić information content (AvgIpc) is 3.04. The molecule has 2 fully saturated rings. The Morgan fingerprint density at radius 1 is 1.25 bits per heavy atom. The number of piperidine rings is 1. The molecule has 3 heterocycles. The molecule has 3 rings (SSSR count). The smallest absolute Gasteiger partial charge is 0.376 e. The SMILES string of the molecule is C[C@H]1CN(CCN2CCC[C@H](c3ncc(C(F)(F)F)[nH]3)C2)CCO1. The van der Waals surface area contributed by atoms with Gasteiger partial charge in [-0.05, 0) is 26.3 Å². The van der Waals surface area contributed by atoms with Crippen molar-refractivity contribution in [2.45, 2.75) is 38.0 Å². The Kier molecular flexibility index (Phi) is 5.46. The second-order valence-electron chi connectivity index (χ2n) is 6.80. The van der Waals surface area contributed by atoms with E-state index in [2.05, 4.69) is 26.7 Å². The van der Waals surface area contributed by atoms with Gasteiger partial charge in [0.1, 0.15) is 11.5 Å². The van der Waals surface area contributed by atoms with E-state index in [1.165, 1.54) is 0 Å². The van der Waals surface area contributed by atoms with Crippen LogP contribution in [0.1, 0.15) is 37.2 Å². The summed E-state index contributed by atoms with van der Waals surface area (Å²) in [5, 5.41) is 0. The number of nitrogens with one attached hydrogen (secondary N) is 1. The van der Waals surface area contributed by atoms with E-state index in [9.17, 15) is 13.2 Å². The molecule has 0 aliphatic carbocycles. The van der Waals surface area contributed by atoms with E-state index in [1.54, 1.807) is 0 Å². The number of halogens is 3. The van der Waals surface area contributed by atoms with Gasteiger partial charge >= 0.3 is 6.18 Å². The number of hydrogen-bond donors (Lipinski definition) is 1. The van der Waals surface area contributed by atoms with Gasteiger partial charge in [0.15, 0.2) is 0 Å². The normalized spacial score (nSPS) is 27.5. The number of ether oxygens (including phenoxy) is 1. The van der Waals surface area contributed by atoms with Crippen molar-refractivity contribution in [3.63, 3.8) is 0 Å². The number of imidazole rings is 1. The van der Waals surface area contributed by atoms with Crippen LogP contribution in [-0.2, 0) is 10.9 Å². The van der Waals surface area contributed by atoms with Crippen LogP contribution in [0.15, 0.2) is 6.20 Å². The zero-order chi connectivity index (χ0) is 17.2. The minimum absolute atomic E-state index is 0.0541. The number of morpholine rings is 1. The number of rotatable bonds is 4. The maximum atomic E-state index is 12.7. The van der Waals surface area contributed by atoms with Crippen molar-refractivity contribution in [1.82, 2.24) is 19.8 Å². The molecule has 0 spiro atoms. The van der Waals surface area contributed by atoms with Crippen LogP contribution in [0, 0.1) is 0 Å². The van der Waals surface area contributed by atoms with Crippen LogP contribution in [0.5, 0.6) is 0 Å². The Labute approximate surface area is 140 Å². The molecule has 8 heteroatoms. The number of aromatic nitrogens is 2. The molecule has 2 saturated heterocycles. The molecule has 1 N–H and O–H groups in total. The Hall–Kier alpha value is -1.12. The molecule has 0 aromatic carbocycles. The molecule has 2 aliphatic rings. The van der Waals surface area contributed by atoms with Crippen molar-refractivity contribution in [3.8, 4) is 0 Å². The Morgan fingerprint density at radius 3 is 2.67 bits per heavy atom. The number of aromatic amines is 1. The van der Waals surface area contributed by atoms with Crippen molar-refractivity contribution in [2.75, 3.05) is 45.9 Å². The summed E-state index contributed by atoms with van der Waals surface area (Å²) >= 11 is 0. The third-order valence-electron chi connectivity index (χ3n) is 4.85. The predicted molar refractivity (Wildman–Crippen MR) is 83.9 cm³/mol. The molecule has 0 bridgehead atoms. The van der Waals surface area contributed by atoms with Crippen molar-refractivity contribution in [3.05, 3.63) is 17.7 Å². The van der Waals surface area contributed by atoms with Gasteiger partial charge in [-0.1, -0.05) is 0 Å². The summed E-state index contributed by atoms with van der Waals surface area (Å²) in [5.74, 6) is 0.519. The molecule has 0 unspecified atom stereocenters. The van der Waals surface area contributed by atoms with Gasteiger partial charge in [0.05, 0.1) is 18.9 Å². The molecule has 2 atom stereocenters. The van der Waals surface area contributed by atoms with Crippen LogP contribution in [0.3, 0.4) is 0 Å². The highest BCUT2D eigenvalue weighted by molar-refractivity contribution is 5.09. The summed E-state index contributed by atoms with van der Waals surface area (Å²) in [4.78, 5) is 11.2. The Balaban J connectivity index is 1.51. The van der Waals surface area contributed by atoms with Crippen LogP contribution in [0.2, 0.25) is 0 Å². The first kappa shape index (κ1) is 17.7. The van der Waals surface area contributed by atoms with Crippen LogP contribution < -0.4 is 0 Å².